The van der Waals surface area contributed by atoms with Gasteiger partial charge < -0.3 is 21.1 Å². The fourth-order valence-corrected chi connectivity index (χ4v) is 4.87. The van der Waals surface area contributed by atoms with Crippen molar-refractivity contribution in [1.29, 1.82) is 0 Å². The van der Waals surface area contributed by atoms with Gasteiger partial charge in [0, 0.05) is 54.6 Å². The Bertz CT molecular complexity index is 954. The van der Waals surface area contributed by atoms with E-state index in [9.17, 15) is 8.78 Å². The summed E-state index contributed by atoms with van der Waals surface area (Å²) in [6.45, 7) is 9.56. The Morgan fingerprint density at radius 2 is 1.89 bits per heavy atom. The summed E-state index contributed by atoms with van der Waals surface area (Å²) in [6.07, 6.45) is 3.83. The van der Waals surface area contributed by atoms with Gasteiger partial charge in [0.15, 0.2) is 0 Å². The number of benzene rings is 1. The molecule has 1 saturated heterocycles. The maximum atomic E-state index is 13.1. The molecule has 0 bridgehead atoms. The van der Waals surface area contributed by atoms with Gasteiger partial charge in [0.2, 0.25) is 0 Å². The van der Waals surface area contributed by atoms with Crippen molar-refractivity contribution < 1.29 is 13.5 Å². The second-order valence-corrected chi connectivity index (χ2v) is 10.5. The molecule has 3 aliphatic rings. The van der Waals surface area contributed by atoms with Crippen molar-refractivity contribution in [2.45, 2.75) is 65.1 Å². The van der Waals surface area contributed by atoms with Gasteiger partial charge in [-0.15, -0.1) is 0 Å². The molecule has 1 aliphatic carbocycles. The van der Waals surface area contributed by atoms with E-state index in [2.05, 4.69) is 15.5 Å². The van der Waals surface area contributed by atoms with Crippen LogP contribution in [0.25, 0.3) is 0 Å². The summed E-state index contributed by atoms with van der Waals surface area (Å²) in [7, 11) is 5.97. The zero-order chi connectivity index (χ0) is 28.5. The van der Waals surface area contributed by atoms with Crippen molar-refractivity contribution in [1.82, 2.24) is 20.4 Å². The van der Waals surface area contributed by atoms with Crippen LogP contribution < -0.4 is 21.1 Å². The molecule has 1 saturated carbocycles. The summed E-state index contributed by atoms with van der Waals surface area (Å²) in [5.74, 6) is -2.00. The van der Waals surface area contributed by atoms with Crippen LogP contribution in [0.15, 0.2) is 28.4 Å². The normalized spacial score (nSPS) is 20.4. The van der Waals surface area contributed by atoms with Crippen LogP contribution in [0.1, 0.15) is 51.2 Å². The SMILES string of the molecule is CC.CNC1=C(/C(=N\C(C)N)c2c(C)cc(Cl)cc2OCCN2CC(F)(F)C2)CN(C)C1.CNC1CCC1. The Balaban J connectivity index is 0.000000548. The van der Waals surface area contributed by atoms with Crippen molar-refractivity contribution in [2.75, 3.05) is 60.5 Å². The molecule has 2 fully saturated rings. The van der Waals surface area contributed by atoms with E-state index in [1.165, 1.54) is 19.3 Å². The molecule has 216 valence electrons. The molecular formula is C28H47ClF2N6O. The Morgan fingerprint density at radius 1 is 1.24 bits per heavy atom. The summed E-state index contributed by atoms with van der Waals surface area (Å²) in [5.41, 5.74) is 10.7. The number of halogens is 3. The molecule has 1 aromatic rings. The Morgan fingerprint density at radius 3 is 2.37 bits per heavy atom. The zero-order valence-corrected chi connectivity index (χ0v) is 24.9. The van der Waals surface area contributed by atoms with Gasteiger partial charge in [0.1, 0.15) is 12.4 Å². The molecule has 10 heteroatoms. The van der Waals surface area contributed by atoms with Crippen molar-refractivity contribution in [3.05, 3.63) is 39.6 Å². The minimum absolute atomic E-state index is 0.222. The molecule has 1 unspecified atom stereocenters. The summed E-state index contributed by atoms with van der Waals surface area (Å²) >= 11 is 6.30. The van der Waals surface area contributed by atoms with E-state index in [1.807, 2.05) is 54.9 Å². The Labute approximate surface area is 232 Å². The minimum atomic E-state index is -2.58. The molecule has 0 amide bonds. The standard InChI is InChI=1S/C21H30ClF2N5O.C5H11N.C2H6/c1-13-7-15(22)8-18(30-6-5-29-11-21(23,24)12-29)19(13)20(27-14(2)25)16-9-28(4)10-17(16)26-3;1-6-5-3-2-4-5;1-2/h7-8,14,26H,5-6,9-12,25H2,1-4H3;5-6H,2-4H2,1H3;1-2H3/b27-20+;;. The highest BCUT2D eigenvalue weighted by atomic mass is 35.5. The second kappa shape index (κ2) is 15.1. The van der Waals surface area contributed by atoms with Crippen molar-refractivity contribution in [3.8, 4) is 5.75 Å². The number of nitrogens with zero attached hydrogens (tertiary/aromatic N) is 3. The summed E-state index contributed by atoms with van der Waals surface area (Å²) in [5, 5.41) is 7.02. The predicted octanol–water partition coefficient (Wildman–Crippen LogP) is 4.28. The van der Waals surface area contributed by atoms with Gasteiger partial charge in [-0.3, -0.25) is 14.8 Å². The van der Waals surface area contributed by atoms with Crippen molar-refractivity contribution in [3.63, 3.8) is 0 Å². The number of hydrogen-bond acceptors (Lipinski definition) is 7. The van der Waals surface area contributed by atoms with E-state index in [4.69, 9.17) is 27.1 Å². The molecule has 2 aliphatic heterocycles. The average Bonchev–Trinajstić information content (AvgIpc) is 3.18. The summed E-state index contributed by atoms with van der Waals surface area (Å²) < 4.78 is 32.2. The molecule has 2 heterocycles. The van der Waals surface area contributed by atoms with E-state index < -0.39 is 12.1 Å². The van der Waals surface area contributed by atoms with Crippen LogP contribution in [-0.2, 0) is 0 Å². The van der Waals surface area contributed by atoms with Crippen LogP contribution in [0.4, 0.5) is 8.78 Å². The maximum Gasteiger partial charge on any atom is 0.272 e. The number of ether oxygens (including phenoxy) is 1. The van der Waals surface area contributed by atoms with E-state index >= 15 is 0 Å². The number of alkyl halides is 2. The van der Waals surface area contributed by atoms with Gasteiger partial charge in [0.05, 0.1) is 25.0 Å². The van der Waals surface area contributed by atoms with Crippen molar-refractivity contribution in [2.24, 2.45) is 10.7 Å². The van der Waals surface area contributed by atoms with Gasteiger partial charge in [-0.25, -0.2) is 8.78 Å². The second-order valence-electron chi connectivity index (χ2n) is 10.0. The first-order valence-electron chi connectivity index (χ1n) is 13.7. The fraction of sp³-hybridized carbons (Fsp3) is 0.679. The lowest BCUT2D eigenvalue weighted by Gasteiger charge is -2.38. The van der Waals surface area contributed by atoms with Crippen LogP contribution in [-0.4, -0.2) is 94.1 Å². The highest BCUT2D eigenvalue weighted by Crippen LogP contribution is 2.32. The van der Waals surface area contributed by atoms with Crippen LogP contribution in [0.5, 0.6) is 5.75 Å². The number of rotatable bonds is 9. The van der Waals surface area contributed by atoms with Gasteiger partial charge in [-0.05, 0) is 58.5 Å². The quantitative estimate of drug-likeness (QED) is 0.394. The summed E-state index contributed by atoms with van der Waals surface area (Å²) in [6, 6.07) is 4.49. The number of likely N-dealkylation sites (N-methyl/N-ethyl adjacent to an activating group) is 2. The Kier molecular flexibility index (Phi) is 12.9. The lowest BCUT2D eigenvalue weighted by atomic mass is 9.94. The highest BCUT2D eigenvalue weighted by molar-refractivity contribution is 6.31. The highest BCUT2D eigenvalue weighted by Gasteiger charge is 2.43. The minimum Gasteiger partial charge on any atom is -0.491 e. The molecule has 4 N–H and O–H groups in total. The molecule has 7 nitrogen and oxygen atoms in total. The van der Waals surface area contributed by atoms with E-state index in [-0.39, 0.29) is 19.7 Å². The molecule has 1 atom stereocenters. The lowest BCUT2D eigenvalue weighted by Crippen LogP contribution is -2.57. The third kappa shape index (κ3) is 9.16. The molecule has 0 aromatic heterocycles. The smallest absolute Gasteiger partial charge is 0.272 e. The van der Waals surface area contributed by atoms with E-state index in [1.54, 1.807) is 11.0 Å². The number of likely N-dealkylation sites (tertiary alicyclic amines) is 1. The number of aryl methyl sites for hydroxylation is 1. The van der Waals surface area contributed by atoms with Crippen LogP contribution in [0, 0.1) is 6.92 Å². The topological polar surface area (TPSA) is 78.2 Å². The molecule has 1 aromatic carbocycles. The molecule has 4 rings (SSSR count). The largest absolute Gasteiger partial charge is 0.491 e. The van der Waals surface area contributed by atoms with Crippen molar-refractivity contribution >= 4 is 17.3 Å². The molecule has 38 heavy (non-hydrogen) atoms. The lowest BCUT2D eigenvalue weighted by molar-refractivity contribution is -0.132. The summed E-state index contributed by atoms with van der Waals surface area (Å²) in [4.78, 5) is 8.60. The number of nitrogens with two attached hydrogens (primary N) is 1. The fourth-order valence-electron chi connectivity index (χ4n) is 4.61. The van der Waals surface area contributed by atoms with Gasteiger partial charge in [0.25, 0.3) is 5.92 Å². The van der Waals surface area contributed by atoms with Gasteiger partial charge >= 0.3 is 0 Å². The predicted molar refractivity (Wildman–Crippen MR) is 155 cm³/mol. The molecule has 0 radical (unpaired) electrons. The first kappa shape index (κ1) is 32.4. The van der Waals surface area contributed by atoms with E-state index in [0.29, 0.717) is 17.3 Å². The monoisotopic (exact) mass is 556 g/mol. The van der Waals surface area contributed by atoms with Gasteiger partial charge in [-0.2, -0.15) is 0 Å². The number of hydrogen-bond donors (Lipinski definition) is 3. The Hall–Kier alpha value is -1.78. The first-order valence-corrected chi connectivity index (χ1v) is 14.0. The first-order chi connectivity index (χ1) is 18.0. The van der Waals surface area contributed by atoms with Crippen LogP contribution >= 0.6 is 11.6 Å². The maximum absolute atomic E-state index is 13.1. The molecule has 0 spiro atoms. The van der Waals surface area contributed by atoms with E-state index in [0.717, 1.165) is 47.2 Å². The van der Waals surface area contributed by atoms with Crippen LogP contribution in [0.2, 0.25) is 5.02 Å². The zero-order valence-electron chi connectivity index (χ0n) is 24.1. The number of nitrogens with one attached hydrogen (secondary N) is 2. The third-order valence-corrected chi connectivity index (χ3v) is 6.95. The average molecular weight is 557 g/mol. The number of aliphatic imine (C=N–C) groups is 1. The third-order valence-electron chi connectivity index (χ3n) is 6.73. The van der Waals surface area contributed by atoms with Crippen LogP contribution in [0.3, 0.4) is 0 Å². The molecular weight excluding hydrogens is 510 g/mol. The van der Waals surface area contributed by atoms with Gasteiger partial charge in [-0.1, -0.05) is 31.9 Å².